The fourth-order valence-corrected chi connectivity index (χ4v) is 4.95. The number of rotatable bonds is 7. The molecule has 0 fully saturated rings. The number of halogens is 2. The predicted molar refractivity (Wildman–Crippen MR) is 120 cm³/mol. The molecule has 3 rings (SSSR count). The van der Waals surface area contributed by atoms with E-state index in [4.69, 9.17) is 34.7 Å². The van der Waals surface area contributed by atoms with E-state index in [9.17, 15) is 13.2 Å². The van der Waals surface area contributed by atoms with Crippen molar-refractivity contribution in [3.63, 3.8) is 0 Å². The molecule has 4 N–H and O–H groups in total. The lowest BCUT2D eigenvalue weighted by atomic mass is 10.0. The SMILES string of the molecule is NC(=O)CN(c1ccc(Cl)cc1Cc1ccccc1Cl)S(=O)(=O)c1cccc(N)c1. The number of carbonyl (C=O) groups is 1. The Morgan fingerprint density at radius 1 is 0.933 bits per heavy atom. The molecule has 0 aromatic heterocycles. The van der Waals surface area contributed by atoms with E-state index in [1.54, 1.807) is 36.4 Å². The van der Waals surface area contributed by atoms with Gasteiger partial charge in [0, 0.05) is 22.2 Å². The number of nitrogens with two attached hydrogens (primary N) is 2. The summed E-state index contributed by atoms with van der Waals surface area (Å²) in [6.45, 7) is -0.547. The second kappa shape index (κ2) is 8.95. The molecule has 0 atom stereocenters. The van der Waals surface area contributed by atoms with E-state index < -0.39 is 22.5 Å². The molecule has 30 heavy (non-hydrogen) atoms. The van der Waals surface area contributed by atoms with Gasteiger partial charge < -0.3 is 11.5 Å². The molecule has 0 unspecified atom stereocenters. The van der Waals surface area contributed by atoms with Crippen molar-refractivity contribution < 1.29 is 13.2 Å². The minimum atomic E-state index is -4.13. The third-order valence-corrected chi connectivity index (χ3v) is 6.75. The van der Waals surface area contributed by atoms with Gasteiger partial charge in [-0.05, 0) is 53.6 Å². The number of amides is 1. The lowest BCUT2D eigenvalue weighted by Crippen LogP contribution is -2.39. The number of hydrogen-bond acceptors (Lipinski definition) is 4. The van der Waals surface area contributed by atoms with Gasteiger partial charge in [0.25, 0.3) is 10.0 Å². The third-order valence-electron chi connectivity index (χ3n) is 4.39. The van der Waals surface area contributed by atoms with Gasteiger partial charge >= 0.3 is 0 Å². The fourth-order valence-electron chi connectivity index (χ4n) is 3.03. The minimum absolute atomic E-state index is 0.0533. The molecule has 156 valence electrons. The van der Waals surface area contributed by atoms with Crippen LogP contribution in [0.4, 0.5) is 11.4 Å². The van der Waals surface area contributed by atoms with Gasteiger partial charge in [0.05, 0.1) is 10.6 Å². The van der Waals surface area contributed by atoms with Crippen molar-refractivity contribution in [3.05, 3.63) is 87.9 Å². The fraction of sp³-hybridized carbons (Fsp3) is 0.0952. The van der Waals surface area contributed by atoms with Gasteiger partial charge in [-0.15, -0.1) is 0 Å². The highest BCUT2D eigenvalue weighted by atomic mass is 35.5. The van der Waals surface area contributed by atoms with Crippen LogP contribution in [0, 0.1) is 0 Å². The molecule has 0 saturated heterocycles. The van der Waals surface area contributed by atoms with Crippen LogP contribution < -0.4 is 15.8 Å². The molecular formula is C21H19Cl2N3O3S. The Kier molecular flexibility index (Phi) is 6.55. The summed E-state index contributed by atoms with van der Waals surface area (Å²) in [5.41, 5.74) is 13.0. The maximum Gasteiger partial charge on any atom is 0.264 e. The molecule has 9 heteroatoms. The van der Waals surface area contributed by atoms with E-state index >= 15 is 0 Å². The van der Waals surface area contributed by atoms with Crippen molar-refractivity contribution in [3.8, 4) is 0 Å². The molecule has 0 bridgehead atoms. The summed E-state index contributed by atoms with van der Waals surface area (Å²) >= 11 is 12.5. The molecule has 0 saturated carbocycles. The van der Waals surface area contributed by atoms with Gasteiger partial charge in [-0.1, -0.05) is 47.5 Å². The van der Waals surface area contributed by atoms with Gasteiger partial charge in [0.1, 0.15) is 6.54 Å². The molecule has 0 aliphatic rings. The Morgan fingerprint density at radius 2 is 1.67 bits per heavy atom. The Hall–Kier alpha value is -2.74. The predicted octanol–water partition coefficient (Wildman–Crippen LogP) is 3.85. The number of sulfonamides is 1. The number of carbonyl (C=O) groups excluding carboxylic acids is 1. The second-order valence-corrected chi connectivity index (χ2v) is 9.30. The van der Waals surface area contributed by atoms with E-state index in [1.807, 2.05) is 12.1 Å². The Bertz CT molecular complexity index is 1200. The Balaban J connectivity index is 2.15. The van der Waals surface area contributed by atoms with E-state index in [0.717, 1.165) is 9.87 Å². The lowest BCUT2D eigenvalue weighted by Gasteiger charge is -2.26. The van der Waals surface area contributed by atoms with Gasteiger partial charge in [0.2, 0.25) is 5.91 Å². The van der Waals surface area contributed by atoms with Crippen molar-refractivity contribution >= 4 is 50.5 Å². The molecule has 0 aliphatic carbocycles. The van der Waals surface area contributed by atoms with Gasteiger partial charge in [-0.2, -0.15) is 0 Å². The topological polar surface area (TPSA) is 106 Å². The summed E-state index contributed by atoms with van der Waals surface area (Å²) in [5, 5.41) is 0.949. The average Bonchev–Trinajstić information content (AvgIpc) is 2.68. The lowest BCUT2D eigenvalue weighted by molar-refractivity contribution is -0.116. The van der Waals surface area contributed by atoms with Gasteiger partial charge in [-0.25, -0.2) is 8.42 Å². The van der Waals surface area contributed by atoms with Crippen LogP contribution in [0.25, 0.3) is 0 Å². The summed E-state index contributed by atoms with van der Waals surface area (Å²) < 4.78 is 27.7. The summed E-state index contributed by atoms with van der Waals surface area (Å²) in [4.78, 5) is 11.7. The van der Waals surface area contributed by atoms with Crippen LogP contribution >= 0.6 is 23.2 Å². The number of nitrogen functional groups attached to an aromatic ring is 1. The number of benzene rings is 3. The zero-order chi connectivity index (χ0) is 21.9. The number of nitrogens with zero attached hydrogens (tertiary/aromatic N) is 1. The Labute approximate surface area is 185 Å². The molecule has 0 heterocycles. The van der Waals surface area contributed by atoms with E-state index in [2.05, 4.69) is 0 Å². The van der Waals surface area contributed by atoms with Crippen LogP contribution in [0.5, 0.6) is 0 Å². The van der Waals surface area contributed by atoms with Gasteiger partial charge in [0.15, 0.2) is 0 Å². The number of primary amides is 1. The summed E-state index contributed by atoms with van der Waals surface area (Å²) in [5.74, 6) is -0.805. The summed E-state index contributed by atoms with van der Waals surface area (Å²) in [6.07, 6.45) is 0.303. The molecule has 3 aromatic rings. The van der Waals surface area contributed by atoms with Crippen LogP contribution in [0.1, 0.15) is 11.1 Å². The smallest absolute Gasteiger partial charge is 0.264 e. The van der Waals surface area contributed by atoms with Crippen molar-refractivity contribution in [1.82, 2.24) is 0 Å². The molecule has 0 spiro atoms. The van der Waals surface area contributed by atoms with E-state index in [-0.39, 0.29) is 16.3 Å². The third kappa shape index (κ3) is 4.87. The standard InChI is InChI=1S/C21H19Cl2N3O3S/c22-16-8-9-20(15(11-16)10-14-4-1-2-7-19(14)23)26(13-21(25)27)30(28,29)18-6-3-5-17(24)12-18/h1-9,11-12H,10,13,24H2,(H2,25,27). The molecule has 6 nitrogen and oxygen atoms in total. The van der Waals surface area contributed by atoms with Crippen molar-refractivity contribution in [2.75, 3.05) is 16.6 Å². The van der Waals surface area contributed by atoms with Crippen molar-refractivity contribution in [2.45, 2.75) is 11.3 Å². The maximum absolute atomic E-state index is 13.4. The monoisotopic (exact) mass is 463 g/mol. The molecule has 0 radical (unpaired) electrons. The summed E-state index contributed by atoms with van der Waals surface area (Å²) in [6, 6.07) is 17.8. The second-order valence-electron chi connectivity index (χ2n) is 6.59. The highest BCUT2D eigenvalue weighted by molar-refractivity contribution is 7.92. The van der Waals surface area contributed by atoms with Crippen LogP contribution in [0.2, 0.25) is 10.0 Å². The van der Waals surface area contributed by atoms with Crippen LogP contribution in [0.3, 0.4) is 0 Å². The van der Waals surface area contributed by atoms with E-state index in [1.165, 1.54) is 18.2 Å². The first kappa shape index (κ1) is 22.0. The van der Waals surface area contributed by atoms with Crippen LogP contribution in [-0.2, 0) is 21.2 Å². The molecule has 0 aliphatic heterocycles. The Morgan fingerprint density at radius 3 is 2.33 bits per heavy atom. The first-order chi connectivity index (χ1) is 14.2. The van der Waals surface area contributed by atoms with Gasteiger partial charge in [-0.3, -0.25) is 9.10 Å². The maximum atomic E-state index is 13.4. The highest BCUT2D eigenvalue weighted by Gasteiger charge is 2.28. The van der Waals surface area contributed by atoms with Crippen molar-refractivity contribution in [1.29, 1.82) is 0 Å². The first-order valence-corrected chi connectivity index (χ1v) is 11.1. The normalized spacial score (nSPS) is 11.3. The molecule has 1 amide bonds. The summed E-state index contributed by atoms with van der Waals surface area (Å²) in [7, 11) is -4.13. The van der Waals surface area contributed by atoms with Crippen LogP contribution in [-0.4, -0.2) is 20.9 Å². The van der Waals surface area contributed by atoms with E-state index in [0.29, 0.717) is 22.0 Å². The minimum Gasteiger partial charge on any atom is -0.399 e. The largest absolute Gasteiger partial charge is 0.399 e. The van der Waals surface area contributed by atoms with Crippen molar-refractivity contribution in [2.24, 2.45) is 5.73 Å². The molecular weight excluding hydrogens is 445 g/mol. The first-order valence-electron chi connectivity index (χ1n) is 8.87. The molecule has 3 aromatic carbocycles. The number of hydrogen-bond donors (Lipinski definition) is 2. The highest BCUT2D eigenvalue weighted by Crippen LogP contribution is 2.32. The zero-order valence-electron chi connectivity index (χ0n) is 15.8. The van der Waals surface area contributed by atoms with Crippen LogP contribution in [0.15, 0.2) is 71.6 Å². The zero-order valence-corrected chi connectivity index (χ0v) is 18.1. The quantitative estimate of drug-likeness (QED) is 0.518. The average molecular weight is 464 g/mol. The number of anilines is 2.